The van der Waals surface area contributed by atoms with Crippen LogP contribution < -0.4 is 5.32 Å². The summed E-state index contributed by atoms with van der Waals surface area (Å²) in [5, 5.41) is 21.8. The second kappa shape index (κ2) is 4.75. The van der Waals surface area contributed by atoms with E-state index in [1.54, 1.807) is 24.3 Å². The van der Waals surface area contributed by atoms with Crippen molar-refractivity contribution in [1.82, 2.24) is 5.32 Å². The highest BCUT2D eigenvalue weighted by Gasteiger charge is 2.39. The number of phenols is 1. The molecule has 0 spiro atoms. The Morgan fingerprint density at radius 1 is 1.35 bits per heavy atom. The van der Waals surface area contributed by atoms with Gasteiger partial charge in [0.1, 0.15) is 5.75 Å². The van der Waals surface area contributed by atoms with Crippen LogP contribution in [0.25, 0.3) is 0 Å². The number of phenolic OH excluding ortho intramolecular Hbond substituents is 1. The molecule has 1 unspecified atom stereocenters. The van der Waals surface area contributed by atoms with Crippen molar-refractivity contribution in [3.8, 4) is 5.75 Å². The summed E-state index contributed by atoms with van der Waals surface area (Å²) in [6, 6.07) is 6.77. The van der Waals surface area contributed by atoms with Gasteiger partial charge in [0.2, 0.25) is 0 Å². The minimum atomic E-state index is -0.738. The predicted molar refractivity (Wildman–Crippen MR) is 64.0 cm³/mol. The Labute approximate surface area is 100 Å². The maximum Gasteiger partial charge on any atom is 0.311 e. The second-order valence-corrected chi connectivity index (χ2v) is 4.71. The minimum absolute atomic E-state index is 0.208. The summed E-state index contributed by atoms with van der Waals surface area (Å²) < 4.78 is 0. The number of piperidine rings is 1. The van der Waals surface area contributed by atoms with Gasteiger partial charge in [0, 0.05) is 6.54 Å². The number of hydrogen-bond acceptors (Lipinski definition) is 3. The van der Waals surface area contributed by atoms with E-state index in [0.717, 1.165) is 18.5 Å². The first-order valence-electron chi connectivity index (χ1n) is 5.84. The second-order valence-electron chi connectivity index (χ2n) is 4.71. The summed E-state index contributed by atoms with van der Waals surface area (Å²) in [6.45, 7) is 1.41. The Hall–Kier alpha value is -1.55. The van der Waals surface area contributed by atoms with Crippen LogP contribution in [0.15, 0.2) is 24.3 Å². The van der Waals surface area contributed by atoms with Gasteiger partial charge in [-0.3, -0.25) is 4.79 Å². The molecule has 2 rings (SSSR count). The molecule has 0 aliphatic carbocycles. The van der Waals surface area contributed by atoms with E-state index in [1.165, 1.54) is 0 Å². The number of rotatable bonds is 3. The van der Waals surface area contributed by atoms with E-state index in [9.17, 15) is 15.0 Å². The largest absolute Gasteiger partial charge is 0.508 e. The normalized spacial score (nSPS) is 24.5. The summed E-state index contributed by atoms with van der Waals surface area (Å²) in [5.74, 6) is -0.530. The van der Waals surface area contributed by atoms with Crippen LogP contribution >= 0.6 is 0 Å². The third-order valence-corrected chi connectivity index (χ3v) is 3.40. The zero-order valence-corrected chi connectivity index (χ0v) is 9.65. The average Bonchev–Trinajstić information content (AvgIpc) is 2.33. The van der Waals surface area contributed by atoms with Gasteiger partial charge in [-0.05, 0) is 43.5 Å². The van der Waals surface area contributed by atoms with Gasteiger partial charge in [-0.2, -0.15) is 0 Å². The van der Waals surface area contributed by atoms with Crippen molar-refractivity contribution in [3.05, 3.63) is 29.8 Å². The molecule has 1 aromatic carbocycles. The van der Waals surface area contributed by atoms with E-state index >= 15 is 0 Å². The molecule has 1 atom stereocenters. The number of carbonyl (C=O) groups is 1. The summed E-state index contributed by atoms with van der Waals surface area (Å²) in [5.41, 5.74) is 0.254. The fraction of sp³-hybridized carbons (Fsp3) is 0.462. The van der Waals surface area contributed by atoms with Gasteiger partial charge >= 0.3 is 5.97 Å². The van der Waals surface area contributed by atoms with Crippen LogP contribution in [-0.2, 0) is 11.2 Å². The molecule has 1 fully saturated rings. The molecule has 0 radical (unpaired) electrons. The van der Waals surface area contributed by atoms with Gasteiger partial charge in [-0.25, -0.2) is 0 Å². The van der Waals surface area contributed by atoms with E-state index in [-0.39, 0.29) is 5.75 Å². The summed E-state index contributed by atoms with van der Waals surface area (Å²) >= 11 is 0. The third kappa shape index (κ3) is 2.58. The highest BCUT2D eigenvalue weighted by molar-refractivity contribution is 5.75. The zero-order valence-electron chi connectivity index (χ0n) is 9.65. The van der Waals surface area contributed by atoms with Crippen LogP contribution in [0.5, 0.6) is 5.75 Å². The third-order valence-electron chi connectivity index (χ3n) is 3.40. The molecule has 0 amide bonds. The van der Waals surface area contributed by atoms with Crippen molar-refractivity contribution in [2.45, 2.75) is 19.3 Å². The van der Waals surface area contributed by atoms with Crippen molar-refractivity contribution in [3.63, 3.8) is 0 Å². The van der Waals surface area contributed by atoms with Gasteiger partial charge in [0.05, 0.1) is 5.41 Å². The number of hydrogen-bond donors (Lipinski definition) is 3. The zero-order chi connectivity index (χ0) is 12.3. The minimum Gasteiger partial charge on any atom is -0.508 e. The average molecular weight is 235 g/mol. The molecular weight excluding hydrogens is 218 g/mol. The fourth-order valence-corrected chi connectivity index (χ4v) is 2.38. The standard InChI is InChI=1S/C13H17NO3/c15-11-4-2-10(3-5-11)8-13(12(16)17)6-1-7-14-9-13/h2-5,14-15H,1,6-9H2,(H,16,17). The molecule has 1 heterocycles. The Morgan fingerprint density at radius 3 is 2.59 bits per heavy atom. The van der Waals surface area contributed by atoms with Crippen molar-refractivity contribution in [2.75, 3.05) is 13.1 Å². The van der Waals surface area contributed by atoms with Crippen LogP contribution in [0.4, 0.5) is 0 Å². The number of carboxylic acids is 1. The van der Waals surface area contributed by atoms with Gasteiger partial charge in [0.15, 0.2) is 0 Å². The first-order valence-corrected chi connectivity index (χ1v) is 5.84. The monoisotopic (exact) mass is 235 g/mol. The van der Waals surface area contributed by atoms with Crippen LogP contribution in [-0.4, -0.2) is 29.3 Å². The number of aromatic hydroxyl groups is 1. The molecule has 0 saturated carbocycles. The summed E-state index contributed by atoms with van der Waals surface area (Å²) in [6.07, 6.45) is 2.11. The van der Waals surface area contributed by atoms with E-state index in [2.05, 4.69) is 5.32 Å². The van der Waals surface area contributed by atoms with Crippen LogP contribution in [0.3, 0.4) is 0 Å². The SMILES string of the molecule is O=C(O)C1(Cc2ccc(O)cc2)CCCNC1. The molecule has 4 heteroatoms. The lowest BCUT2D eigenvalue weighted by Gasteiger charge is -2.33. The number of nitrogens with one attached hydrogen (secondary N) is 1. The quantitative estimate of drug-likeness (QED) is 0.740. The Balaban J connectivity index is 2.17. The maximum atomic E-state index is 11.5. The number of benzene rings is 1. The molecule has 0 aromatic heterocycles. The highest BCUT2D eigenvalue weighted by atomic mass is 16.4. The van der Waals surface area contributed by atoms with E-state index in [4.69, 9.17) is 0 Å². The van der Waals surface area contributed by atoms with E-state index < -0.39 is 11.4 Å². The molecule has 92 valence electrons. The molecule has 3 N–H and O–H groups in total. The molecular formula is C13H17NO3. The van der Waals surface area contributed by atoms with Crippen molar-refractivity contribution < 1.29 is 15.0 Å². The van der Waals surface area contributed by atoms with Crippen LogP contribution in [0.1, 0.15) is 18.4 Å². The smallest absolute Gasteiger partial charge is 0.311 e. The predicted octanol–water partition coefficient (Wildman–Crippen LogP) is 1.39. The number of carboxylic acid groups (broad SMARTS) is 1. The lowest BCUT2D eigenvalue weighted by molar-refractivity contribution is -0.150. The Kier molecular flexibility index (Phi) is 3.33. The summed E-state index contributed by atoms with van der Waals surface area (Å²) in [4.78, 5) is 11.5. The lowest BCUT2D eigenvalue weighted by Crippen LogP contribution is -2.46. The van der Waals surface area contributed by atoms with Crippen LogP contribution in [0.2, 0.25) is 0 Å². The van der Waals surface area contributed by atoms with Crippen molar-refractivity contribution in [1.29, 1.82) is 0 Å². The number of aliphatic carboxylic acids is 1. The Morgan fingerprint density at radius 2 is 2.06 bits per heavy atom. The topological polar surface area (TPSA) is 69.6 Å². The van der Waals surface area contributed by atoms with Crippen molar-refractivity contribution >= 4 is 5.97 Å². The van der Waals surface area contributed by atoms with Gasteiger partial charge in [-0.1, -0.05) is 12.1 Å². The van der Waals surface area contributed by atoms with E-state index in [0.29, 0.717) is 19.4 Å². The Bertz CT molecular complexity index is 394. The molecule has 4 nitrogen and oxygen atoms in total. The fourth-order valence-electron chi connectivity index (χ4n) is 2.38. The molecule has 1 saturated heterocycles. The molecule has 1 aromatic rings. The van der Waals surface area contributed by atoms with Crippen LogP contribution in [0, 0.1) is 5.41 Å². The first-order chi connectivity index (χ1) is 8.12. The molecule has 1 aliphatic heterocycles. The highest BCUT2D eigenvalue weighted by Crippen LogP contribution is 2.31. The van der Waals surface area contributed by atoms with Gasteiger partial charge in [-0.15, -0.1) is 0 Å². The van der Waals surface area contributed by atoms with Gasteiger partial charge < -0.3 is 15.5 Å². The summed E-state index contributed by atoms with van der Waals surface area (Å²) in [7, 11) is 0. The lowest BCUT2D eigenvalue weighted by atomic mass is 9.76. The molecule has 1 aliphatic rings. The van der Waals surface area contributed by atoms with Gasteiger partial charge in [0.25, 0.3) is 0 Å². The first kappa shape index (κ1) is 11.9. The van der Waals surface area contributed by atoms with E-state index in [1.807, 2.05) is 0 Å². The van der Waals surface area contributed by atoms with Crippen molar-refractivity contribution in [2.24, 2.45) is 5.41 Å². The molecule has 0 bridgehead atoms. The maximum absolute atomic E-state index is 11.5. The molecule has 17 heavy (non-hydrogen) atoms.